The monoisotopic (exact) mass is 431 g/mol. The molecule has 4 nitrogen and oxygen atoms in total. The summed E-state index contributed by atoms with van der Waals surface area (Å²) in [6, 6.07) is 0. The molecule has 0 radical (unpaired) electrons. The van der Waals surface area contributed by atoms with Gasteiger partial charge in [-0.05, 0) is 38.5 Å². The molecule has 0 saturated carbocycles. The van der Waals surface area contributed by atoms with Crippen molar-refractivity contribution in [3.63, 3.8) is 0 Å². The number of halogens is 3. The van der Waals surface area contributed by atoms with Crippen LogP contribution in [0.25, 0.3) is 0 Å². The number of alkyl halides is 3. The molecule has 0 N–H and O–H groups in total. The number of quaternary nitrogens is 1. The van der Waals surface area contributed by atoms with Crippen LogP contribution in [0.5, 0.6) is 0 Å². The molecule has 1 saturated heterocycles. The molecular formula is C20H40F3NO3S. The molecule has 170 valence electrons. The van der Waals surface area contributed by atoms with Crippen LogP contribution in [0.4, 0.5) is 13.2 Å². The van der Waals surface area contributed by atoms with Gasteiger partial charge in [-0.25, -0.2) is 8.42 Å². The van der Waals surface area contributed by atoms with Crippen molar-refractivity contribution in [1.29, 1.82) is 0 Å². The van der Waals surface area contributed by atoms with Gasteiger partial charge in [-0.1, -0.05) is 58.8 Å². The highest BCUT2D eigenvalue weighted by Crippen LogP contribution is 2.22. The minimum Gasteiger partial charge on any atom is -0.741 e. The summed E-state index contributed by atoms with van der Waals surface area (Å²) < 4.78 is 60.4. The highest BCUT2D eigenvalue weighted by atomic mass is 32.2. The van der Waals surface area contributed by atoms with E-state index in [0.717, 1.165) is 0 Å². The van der Waals surface area contributed by atoms with E-state index in [9.17, 15) is 13.2 Å². The van der Waals surface area contributed by atoms with Crippen molar-refractivity contribution in [2.24, 2.45) is 0 Å². The molecule has 0 atom stereocenters. The lowest BCUT2D eigenvalue weighted by molar-refractivity contribution is -0.932. The number of hydrogen-bond acceptors (Lipinski definition) is 3. The van der Waals surface area contributed by atoms with Gasteiger partial charge in [0.2, 0.25) is 0 Å². The van der Waals surface area contributed by atoms with Crippen LogP contribution in [0.2, 0.25) is 0 Å². The van der Waals surface area contributed by atoms with Crippen LogP contribution < -0.4 is 0 Å². The van der Waals surface area contributed by atoms with E-state index in [1.807, 2.05) is 0 Å². The van der Waals surface area contributed by atoms with E-state index in [1.54, 1.807) is 0 Å². The SMILES string of the molecule is CCCCCCCCCCC[N+]1(CCC)CCCCC1.O=S(=O)([O-])C(F)(F)F. The second-order valence-corrected chi connectivity index (χ2v) is 9.40. The van der Waals surface area contributed by atoms with Crippen molar-refractivity contribution in [3.05, 3.63) is 0 Å². The zero-order valence-corrected chi connectivity index (χ0v) is 18.6. The fourth-order valence-corrected chi connectivity index (χ4v) is 3.97. The molecule has 0 unspecified atom stereocenters. The van der Waals surface area contributed by atoms with E-state index < -0.39 is 15.6 Å². The van der Waals surface area contributed by atoms with Crippen molar-refractivity contribution in [3.8, 4) is 0 Å². The molecule has 1 rings (SSSR count). The summed E-state index contributed by atoms with van der Waals surface area (Å²) in [5.74, 6) is 0. The quantitative estimate of drug-likeness (QED) is 0.165. The van der Waals surface area contributed by atoms with Crippen molar-refractivity contribution in [2.45, 2.75) is 103 Å². The van der Waals surface area contributed by atoms with Gasteiger partial charge in [-0.15, -0.1) is 0 Å². The van der Waals surface area contributed by atoms with Gasteiger partial charge in [-0.3, -0.25) is 0 Å². The van der Waals surface area contributed by atoms with Gasteiger partial charge in [0.1, 0.15) is 0 Å². The number of likely N-dealkylation sites (tertiary alicyclic amines) is 1. The Morgan fingerprint density at radius 1 is 0.750 bits per heavy atom. The number of nitrogens with zero attached hydrogens (tertiary/aromatic N) is 1. The van der Waals surface area contributed by atoms with Gasteiger partial charge in [-0.2, -0.15) is 13.2 Å². The molecular weight excluding hydrogens is 391 g/mol. The van der Waals surface area contributed by atoms with Crippen LogP contribution >= 0.6 is 0 Å². The number of piperidine rings is 1. The molecule has 1 aliphatic heterocycles. The van der Waals surface area contributed by atoms with E-state index in [-0.39, 0.29) is 0 Å². The zero-order valence-electron chi connectivity index (χ0n) is 17.7. The van der Waals surface area contributed by atoms with E-state index in [1.165, 1.54) is 114 Å². The third-order valence-corrected chi connectivity index (χ3v) is 6.05. The Kier molecular flexibility index (Phi) is 14.4. The summed E-state index contributed by atoms with van der Waals surface area (Å²) in [4.78, 5) is 0. The first kappa shape index (κ1) is 27.7. The lowest BCUT2D eigenvalue weighted by Gasteiger charge is -2.41. The lowest BCUT2D eigenvalue weighted by atomic mass is 10.0. The van der Waals surface area contributed by atoms with Gasteiger partial charge in [0.05, 0.1) is 26.2 Å². The van der Waals surface area contributed by atoms with Crippen molar-refractivity contribution >= 4 is 10.1 Å². The van der Waals surface area contributed by atoms with Crippen LogP contribution in [0.15, 0.2) is 0 Å². The van der Waals surface area contributed by atoms with Crippen LogP contribution in [0.1, 0.15) is 97.3 Å². The summed E-state index contributed by atoms with van der Waals surface area (Å²) in [6.07, 6.45) is 19.0. The standard InChI is InChI=1S/C19H40N.CHF3O3S/c1-3-5-6-7-8-9-10-11-13-17-20(16-4-2)18-14-12-15-19-20;2-1(3,4)8(5,6)7/h3-19H2,1-2H3;(H,5,6,7)/q+1;/p-1. The molecule has 1 heterocycles. The molecule has 0 bridgehead atoms. The average Bonchev–Trinajstić information content (AvgIpc) is 2.60. The zero-order chi connectivity index (χ0) is 21.5. The van der Waals surface area contributed by atoms with Gasteiger partial charge in [0.15, 0.2) is 10.1 Å². The fraction of sp³-hybridized carbons (Fsp3) is 1.00. The maximum Gasteiger partial charge on any atom is 0.485 e. The van der Waals surface area contributed by atoms with Crippen LogP contribution in [0.3, 0.4) is 0 Å². The van der Waals surface area contributed by atoms with Crippen molar-refractivity contribution in [2.75, 3.05) is 26.2 Å². The fourth-order valence-electron chi connectivity index (χ4n) is 3.97. The van der Waals surface area contributed by atoms with Crippen LogP contribution in [0, 0.1) is 0 Å². The predicted molar refractivity (Wildman–Crippen MR) is 107 cm³/mol. The first-order valence-electron chi connectivity index (χ1n) is 11.0. The Hall–Kier alpha value is -0.340. The van der Waals surface area contributed by atoms with Gasteiger partial charge < -0.3 is 9.04 Å². The topological polar surface area (TPSA) is 57.2 Å². The molecule has 1 fully saturated rings. The van der Waals surface area contributed by atoms with Crippen LogP contribution in [-0.4, -0.2) is 49.1 Å². The van der Waals surface area contributed by atoms with Gasteiger partial charge in [0.25, 0.3) is 0 Å². The molecule has 0 aromatic heterocycles. The Morgan fingerprint density at radius 3 is 1.57 bits per heavy atom. The molecule has 28 heavy (non-hydrogen) atoms. The first-order valence-corrected chi connectivity index (χ1v) is 12.4. The number of rotatable bonds is 12. The Balaban J connectivity index is 0.000000769. The van der Waals surface area contributed by atoms with Crippen LogP contribution in [-0.2, 0) is 10.1 Å². The third kappa shape index (κ3) is 13.0. The number of hydrogen-bond donors (Lipinski definition) is 0. The first-order chi connectivity index (χ1) is 13.1. The van der Waals surface area contributed by atoms with E-state index in [4.69, 9.17) is 13.0 Å². The molecule has 0 aromatic carbocycles. The maximum absolute atomic E-state index is 10.7. The maximum atomic E-state index is 10.7. The minimum absolute atomic E-state index is 1.37. The third-order valence-electron chi connectivity index (χ3n) is 5.48. The number of unbranched alkanes of at least 4 members (excludes halogenated alkanes) is 8. The molecule has 8 heteroatoms. The Labute approximate surface area is 170 Å². The highest BCUT2D eigenvalue weighted by molar-refractivity contribution is 7.86. The molecule has 0 amide bonds. The largest absolute Gasteiger partial charge is 0.741 e. The molecule has 1 aliphatic rings. The normalized spacial score (nSPS) is 17.1. The predicted octanol–water partition coefficient (Wildman–Crippen LogP) is 5.98. The molecule has 0 aromatic rings. The average molecular weight is 432 g/mol. The Bertz CT molecular complexity index is 470. The summed E-state index contributed by atoms with van der Waals surface area (Å²) in [5.41, 5.74) is -5.65. The van der Waals surface area contributed by atoms with Crippen molar-refractivity contribution < 1.29 is 30.6 Å². The second kappa shape index (κ2) is 14.6. The molecule has 0 aliphatic carbocycles. The lowest BCUT2D eigenvalue weighted by Crippen LogP contribution is -2.52. The van der Waals surface area contributed by atoms with Gasteiger partial charge in [0, 0.05) is 0 Å². The molecule has 0 spiro atoms. The minimum atomic E-state index is -6.09. The van der Waals surface area contributed by atoms with E-state index in [0.29, 0.717) is 0 Å². The summed E-state index contributed by atoms with van der Waals surface area (Å²) in [6.45, 7) is 10.5. The van der Waals surface area contributed by atoms with E-state index in [2.05, 4.69) is 13.8 Å². The summed E-state index contributed by atoms with van der Waals surface area (Å²) in [7, 11) is -6.09. The summed E-state index contributed by atoms with van der Waals surface area (Å²) >= 11 is 0. The smallest absolute Gasteiger partial charge is 0.485 e. The highest BCUT2D eigenvalue weighted by Gasteiger charge is 2.36. The van der Waals surface area contributed by atoms with Crippen molar-refractivity contribution in [1.82, 2.24) is 0 Å². The second-order valence-electron chi connectivity index (χ2n) is 8.03. The van der Waals surface area contributed by atoms with E-state index >= 15 is 0 Å². The summed E-state index contributed by atoms with van der Waals surface area (Å²) in [5, 5.41) is 0. The van der Waals surface area contributed by atoms with Gasteiger partial charge >= 0.3 is 5.51 Å². The Morgan fingerprint density at radius 2 is 1.18 bits per heavy atom.